The molecule has 1 aliphatic carbocycles. The Morgan fingerprint density at radius 1 is 1.03 bits per heavy atom. The van der Waals surface area contributed by atoms with Crippen LogP contribution in [0, 0.1) is 0 Å². The first-order valence-corrected chi connectivity index (χ1v) is 11.9. The van der Waals surface area contributed by atoms with Gasteiger partial charge in [0.25, 0.3) is 10.0 Å². The lowest BCUT2D eigenvalue weighted by atomic mass is 9.90. The second-order valence-corrected chi connectivity index (χ2v) is 10.1. The highest BCUT2D eigenvalue weighted by atomic mass is 32.2. The standard InChI is InChI=1S/C23H29N3O4S/c1-14(2)18-8-6-9-19(15(3)4)22(18)24-23(27)26-31(29,30)17-12-11-16-7-5-10-21(25-28)20(16)13-17/h6,8-9,11-15,28H,5,7,10H2,1-4H3,(H2,24,26,27). The van der Waals surface area contributed by atoms with Crippen molar-refractivity contribution >= 4 is 27.5 Å². The number of amides is 2. The summed E-state index contributed by atoms with van der Waals surface area (Å²) in [6, 6.07) is 9.62. The topological polar surface area (TPSA) is 108 Å². The number of hydrogen-bond acceptors (Lipinski definition) is 5. The first-order chi connectivity index (χ1) is 14.6. The van der Waals surface area contributed by atoms with E-state index in [1.54, 1.807) is 6.07 Å². The number of anilines is 1. The number of aryl methyl sites for hydroxylation is 1. The zero-order valence-electron chi connectivity index (χ0n) is 18.3. The summed E-state index contributed by atoms with van der Waals surface area (Å²) in [5, 5.41) is 15.3. The van der Waals surface area contributed by atoms with E-state index in [0.717, 1.165) is 29.5 Å². The van der Waals surface area contributed by atoms with Crippen LogP contribution >= 0.6 is 0 Å². The quantitative estimate of drug-likeness (QED) is 0.448. The summed E-state index contributed by atoms with van der Waals surface area (Å²) in [6.45, 7) is 8.08. The van der Waals surface area contributed by atoms with Crippen molar-refractivity contribution in [2.45, 2.75) is 63.7 Å². The van der Waals surface area contributed by atoms with Crippen LogP contribution in [0.4, 0.5) is 10.5 Å². The second kappa shape index (κ2) is 9.09. The Hall–Kier alpha value is -2.87. The molecule has 0 aliphatic heterocycles. The maximum Gasteiger partial charge on any atom is 0.333 e. The van der Waals surface area contributed by atoms with Crippen LogP contribution in [0.2, 0.25) is 0 Å². The van der Waals surface area contributed by atoms with E-state index in [1.165, 1.54) is 12.1 Å². The van der Waals surface area contributed by atoms with E-state index in [2.05, 4.69) is 15.2 Å². The van der Waals surface area contributed by atoms with E-state index in [0.29, 0.717) is 23.4 Å². The summed E-state index contributed by atoms with van der Waals surface area (Å²) in [5.74, 6) is 0.310. The van der Waals surface area contributed by atoms with E-state index in [1.807, 2.05) is 45.9 Å². The van der Waals surface area contributed by atoms with E-state index >= 15 is 0 Å². The van der Waals surface area contributed by atoms with Gasteiger partial charge in [0, 0.05) is 11.3 Å². The number of nitrogens with one attached hydrogen (secondary N) is 2. The number of para-hydroxylation sites is 1. The van der Waals surface area contributed by atoms with Gasteiger partial charge in [0.15, 0.2) is 0 Å². The van der Waals surface area contributed by atoms with E-state index < -0.39 is 16.1 Å². The Bertz CT molecular complexity index is 1100. The average molecular weight is 444 g/mol. The number of fused-ring (bicyclic) bond motifs is 1. The molecular weight excluding hydrogens is 414 g/mol. The van der Waals surface area contributed by atoms with Crippen molar-refractivity contribution in [1.82, 2.24) is 4.72 Å². The zero-order valence-corrected chi connectivity index (χ0v) is 19.1. The highest BCUT2D eigenvalue weighted by molar-refractivity contribution is 7.90. The molecule has 0 unspecified atom stereocenters. The summed E-state index contributed by atoms with van der Waals surface area (Å²) in [4.78, 5) is 12.6. The molecule has 31 heavy (non-hydrogen) atoms. The fourth-order valence-electron chi connectivity index (χ4n) is 3.91. The predicted molar refractivity (Wildman–Crippen MR) is 122 cm³/mol. The number of oxime groups is 1. The van der Waals surface area contributed by atoms with Gasteiger partial charge in [-0.3, -0.25) is 0 Å². The van der Waals surface area contributed by atoms with Crippen LogP contribution in [0.5, 0.6) is 0 Å². The van der Waals surface area contributed by atoms with Crippen molar-refractivity contribution < 1.29 is 18.4 Å². The maximum absolute atomic E-state index is 12.9. The number of hydrogen-bond donors (Lipinski definition) is 3. The number of sulfonamides is 1. The molecule has 166 valence electrons. The van der Waals surface area contributed by atoms with Gasteiger partial charge < -0.3 is 10.5 Å². The smallest absolute Gasteiger partial charge is 0.333 e. The molecule has 0 radical (unpaired) electrons. The first-order valence-electron chi connectivity index (χ1n) is 10.4. The molecule has 0 bridgehead atoms. The summed E-state index contributed by atoms with van der Waals surface area (Å²) in [5.41, 5.74) is 4.50. The van der Waals surface area contributed by atoms with Gasteiger partial charge in [0.05, 0.1) is 10.6 Å². The Morgan fingerprint density at radius 2 is 1.68 bits per heavy atom. The number of nitrogens with zero attached hydrogens (tertiary/aromatic N) is 1. The minimum atomic E-state index is -4.11. The normalized spacial score (nSPS) is 15.2. The van der Waals surface area contributed by atoms with Gasteiger partial charge in [0.2, 0.25) is 0 Å². The average Bonchev–Trinajstić information content (AvgIpc) is 2.72. The van der Waals surface area contributed by atoms with Crippen LogP contribution < -0.4 is 10.0 Å². The molecule has 3 rings (SSSR count). The predicted octanol–water partition coefficient (Wildman–Crippen LogP) is 4.96. The summed E-state index contributed by atoms with van der Waals surface area (Å²) >= 11 is 0. The van der Waals surface area contributed by atoms with E-state index in [9.17, 15) is 18.4 Å². The number of benzene rings is 2. The van der Waals surface area contributed by atoms with E-state index in [4.69, 9.17) is 0 Å². The van der Waals surface area contributed by atoms with Gasteiger partial charge >= 0.3 is 6.03 Å². The molecule has 0 saturated heterocycles. The van der Waals surface area contributed by atoms with Gasteiger partial charge in [-0.1, -0.05) is 57.1 Å². The lowest BCUT2D eigenvalue weighted by molar-refractivity contribution is 0.256. The van der Waals surface area contributed by atoms with Crippen LogP contribution in [0.1, 0.15) is 74.6 Å². The van der Waals surface area contributed by atoms with Crippen LogP contribution in [0.25, 0.3) is 0 Å². The molecule has 2 amide bonds. The van der Waals surface area contributed by atoms with Crippen LogP contribution in [0.3, 0.4) is 0 Å². The first kappa shape index (κ1) is 22.8. The third kappa shape index (κ3) is 4.90. The lowest BCUT2D eigenvalue weighted by Gasteiger charge is -2.21. The van der Waals surface area contributed by atoms with Crippen molar-refractivity contribution in [1.29, 1.82) is 0 Å². The van der Waals surface area contributed by atoms with Gasteiger partial charge in [-0.15, -0.1) is 0 Å². The molecule has 0 heterocycles. The molecule has 0 atom stereocenters. The molecule has 8 heteroatoms. The largest absolute Gasteiger partial charge is 0.411 e. The SMILES string of the molecule is CC(C)c1cccc(C(C)C)c1NC(=O)NS(=O)(=O)c1ccc2c(c1)C(=NO)CCC2. The molecule has 0 aromatic heterocycles. The number of rotatable bonds is 5. The van der Waals surface area contributed by atoms with Crippen molar-refractivity contribution in [3.05, 3.63) is 58.7 Å². The van der Waals surface area contributed by atoms with Gasteiger partial charge in [-0.05, 0) is 59.9 Å². The van der Waals surface area contributed by atoms with Gasteiger partial charge in [-0.2, -0.15) is 0 Å². The Balaban J connectivity index is 1.88. The Kier molecular flexibility index (Phi) is 6.69. The van der Waals surface area contributed by atoms with Crippen molar-refractivity contribution in [3.8, 4) is 0 Å². The maximum atomic E-state index is 12.9. The van der Waals surface area contributed by atoms with E-state index in [-0.39, 0.29) is 16.7 Å². The molecule has 7 nitrogen and oxygen atoms in total. The fraction of sp³-hybridized carbons (Fsp3) is 0.391. The number of carbonyl (C=O) groups is 1. The van der Waals surface area contributed by atoms with Crippen molar-refractivity contribution in [3.63, 3.8) is 0 Å². The zero-order chi connectivity index (χ0) is 22.8. The second-order valence-electron chi connectivity index (χ2n) is 8.40. The molecule has 0 spiro atoms. The molecule has 0 saturated carbocycles. The third-order valence-corrected chi connectivity index (χ3v) is 6.85. The van der Waals surface area contributed by atoms with Gasteiger partial charge in [-0.25, -0.2) is 17.9 Å². The Morgan fingerprint density at radius 3 is 2.26 bits per heavy atom. The number of urea groups is 1. The Labute approximate surface area is 183 Å². The summed E-state index contributed by atoms with van der Waals surface area (Å²) in [7, 11) is -4.11. The summed E-state index contributed by atoms with van der Waals surface area (Å²) < 4.78 is 27.9. The monoisotopic (exact) mass is 443 g/mol. The van der Waals surface area contributed by atoms with Crippen LogP contribution in [0.15, 0.2) is 46.4 Å². The molecule has 2 aromatic carbocycles. The van der Waals surface area contributed by atoms with Gasteiger partial charge in [0.1, 0.15) is 0 Å². The molecular formula is C23H29N3O4S. The summed E-state index contributed by atoms with van der Waals surface area (Å²) in [6.07, 6.45) is 2.20. The third-order valence-electron chi connectivity index (χ3n) is 5.52. The fourth-order valence-corrected chi connectivity index (χ4v) is 4.84. The van der Waals surface area contributed by atoms with Crippen molar-refractivity contribution in [2.75, 3.05) is 5.32 Å². The molecule has 2 aromatic rings. The highest BCUT2D eigenvalue weighted by Crippen LogP contribution is 2.32. The minimum Gasteiger partial charge on any atom is -0.411 e. The lowest BCUT2D eigenvalue weighted by Crippen LogP contribution is -2.35. The molecule has 1 aliphatic rings. The van der Waals surface area contributed by atoms with Crippen molar-refractivity contribution in [2.24, 2.45) is 5.16 Å². The van der Waals surface area contributed by atoms with Crippen LogP contribution in [-0.2, 0) is 16.4 Å². The number of carbonyl (C=O) groups excluding carboxylic acids is 1. The highest BCUT2D eigenvalue weighted by Gasteiger charge is 2.24. The van der Waals surface area contributed by atoms with Crippen LogP contribution in [-0.4, -0.2) is 25.4 Å². The molecule has 3 N–H and O–H groups in total. The molecule has 0 fully saturated rings. The minimum absolute atomic E-state index is 0.0503.